The van der Waals surface area contributed by atoms with E-state index in [1.807, 2.05) is 4.90 Å². The number of nitrogens with zero attached hydrogens (tertiary/aromatic N) is 4. The molecule has 7 nitrogen and oxygen atoms in total. The van der Waals surface area contributed by atoms with E-state index in [9.17, 15) is 22.8 Å². The Morgan fingerprint density at radius 1 is 1.00 bits per heavy atom. The average Bonchev–Trinajstić information content (AvgIpc) is 2.67. The van der Waals surface area contributed by atoms with Crippen LogP contribution in [-0.4, -0.2) is 52.9 Å². The van der Waals surface area contributed by atoms with Gasteiger partial charge in [-0.2, -0.15) is 13.2 Å². The fraction of sp³-hybridized carbons (Fsp3) is 0.294. The van der Waals surface area contributed by atoms with Gasteiger partial charge >= 0.3 is 6.18 Å². The molecule has 0 unspecified atom stereocenters. The second kappa shape index (κ2) is 7.22. The molecule has 0 spiro atoms. The van der Waals surface area contributed by atoms with Crippen molar-refractivity contribution in [2.75, 3.05) is 31.1 Å². The highest BCUT2D eigenvalue weighted by atomic mass is 19.4. The van der Waals surface area contributed by atoms with Crippen molar-refractivity contribution in [2.24, 2.45) is 5.73 Å². The lowest BCUT2D eigenvalue weighted by Crippen LogP contribution is -2.49. The first-order valence-corrected chi connectivity index (χ1v) is 8.09. The molecule has 0 saturated carbocycles. The summed E-state index contributed by atoms with van der Waals surface area (Å²) in [7, 11) is 0. The number of amides is 2. The predicted octanol–water partition coefficient (Wildman–Crippen LogP) is 1.56. The summed E-state index contributed by atoms with van der Waals surface area (Å²) in [4.78, 5) is 35.2. The van der Waals surface area contributed by atoms with E-state index in [1.54, 1.807) is 4.90 Å². The summed E-state index contributed by atoms with van der Waals surface area (Å²) in [5.41, 5.74) is 4.65. The van der Waals surface area contributed by atoms with Crippen LogP contribution < -0.4 is 10.6 Å². The zero-order valence-corrected chi connectivity index (χ0v) is 14.1. The second-order valence-corrected chi connectivity index (χ2v) is 5.98. The van der Waals surface area contributed by atoms with E-state index in [2.05, 4.69) is 9.97 Å². The van der Waals surface area contributed by atoms with Crippen LogP contribution in [0.3, 0.4) is 0 Å². The van der Waals surface area contributed by atoms with Gasteiger partial charge in [0.1, 0.15) is 11.5 Å². The Kier molecular flexibility index (Phi) is 4.98. The highest BCUT2D eigenvalue weighted by Gasteiger charge is 2.30. The summed E-state index contributed by atoms with van der Waals surface area (Å²) in [6, 6.07) is 4.15. The van der Waals surface area contributed by atoms with Crippen LogP contribution in [0, 0.1) is 0 Å². The first-order chi connectivity index (χ1) is 12.8. The van der Waals surface area contributed by atoms with Gasteiger partial charge in [-0.25, -0.2) is 4.98 Å². The van der Waals surface area contributed by atoms with Crippen molar-refractivity contribution >= 4 is 17.6 Å². The molecule has 0 bridgehead atoms. The van der Waals surface area contributed by atoms with Crippen LogP contribution in [0.5, 0.6) is 0 Å². The Balaban J connectivity index is 1.64. The summed E-state index contributed by atoms with van der Waals surface area (Å²) >= 11 is 0. The minimum absolute atomic E-state index is 0.0516. The van der Waals surface area contributed by atoms with Crippen LogP contribution in [-0.2, 0) is 6.18 Å². The van der Waals surface area contributed by atoms with E-state index in [-0.39, 0.29) is 17.2 Å². The number of hydrogen-bond donors (Lipinski definition) is 1. The molecular weight excluding hydrogens is 363 g/mol. The second-order valence-electron chi connectivity index (χ2n) is 5.98. The van der Waals surface area contributed by atoms with Crippen LogP contribution in [0.4, 0.5) is 19.0 Å². The quantitative estimate of drug-likeness (QED) is 0.874. The first kappa shape index (κ1) is 18.6. The maximum Gasteiger partial charge on any atom is 0.416 e. The highest BCUT2D eigenvalue weighted by Crippen LogP contribution is 2.29. The largest absolute Gasteiger partial charge is 0.416 e. The van der Waals surface area contributed by atoms with Crippen molar-refractivity contribution < 1.29 is 22.8 Å². The fourth-order valence-electron chi connectivity index (χ4n) is 2.75. The number of anilines is 1. The third kappa shape index (κ3) is 4.15. The van der Waals surface area contributed by atoms with E-state index >= 15 is 0 Å². The number of carbonyl (C=O) groups is 2. The summed E-state index contributed by atoms with van der Waals surface area (Å²) in [6.07, 6.45) is -1.66. The Bertz CT molecular complexity index is 846. The molecule has 1 aliphatic heterocycles. The van der Waals surface area contributed by atoms with Crippen LogP contribution in [0.2, 0.25) is 0 Å². The van der Waals surface area contributed by atoms with Gasteiger partial charge in [0.25, 0.3) is 11.8 Å². The third-order valence-electron chi connectivity index (χ3n) is 4.22. The Morgan fingerprint density at radius 2 is 1.63 bits per heavy atom. The number of benzene rings is 1. The standard InChI is InChI=1S/C17H16F3N5O2/c18-17(19,20)12-3-1-11(2-4-12)16(27)25-7-5-24(6-8-25)14-10-22-9-13(23-14)15(21)26/h1-4,9-10H,5-8H2,(H2,21,26). The molecule has 0 radical (unpaired) electrons. The van der Waals surface area contributed by atoms with Crippen molar-refractivity contribution in [3.05, 3.63) is 53.5 Å². The van der Waals surface area contributed by atoms with E-state index in [1.165, 1.54) is 24.5 Å². The molecule has 1 aliphatic rings. The molecular formula is C17H16F3N5O2. The molecule has 1 aromatic heterocycles. The molecule has 1 fully saturated rings. The number of nitrogens with two attached hydrogens (primary N) is 1. The number of primary amides is 1. The van der Waals surface area contributed by atoms with Crippen molar-refractivity contribution in [3.8, 4) is 0 Å². The van der Waals surface area contributed by atoms with Gasteiger partial charge in [-0.1, -0.05) is 0 Å². The lowest BCUT2D eigenvalue weighted by Gasteiger charge is -2.35. The molecule has 2 heterocycles. The molecule has 0 atom stereocenters. The summed E-state index contributed by atoms with van der Waals surface area (Å²) in [5, 5.41) is 0. The van der Waals surface area contributed by atoms with Crippen LogP contribution in [0.15, 0.2) is 36.7 Å². The minimum atomic E-state index is -4.44. The number of carbonyl (C=O) groups excluding carboxylic acids is 2. The summed E-state index contributed by atoms with van der Waals surface area (Å²) in [5.74, 6) is -0.534. The molecule has 2 aromatic rings. The van der Waals surface area contributed by atoms with Gasteiger partial charge in [-0.15, -0.1) is 0 Å². The lowest BCUT2D eigenvalue weighted by molar-refractivity contribution is -0.137. The number of piperazine rings is 1. The Labute approximate surface area is 152 Å². The zero-order chi connectivity index (χ0) is 19.6. The molecule has 1 saturated heterocycles. The number of aromatic nitrogens is 2. The van der Waals surface area contributed by atoms with Gasteiger partial charge < -0.3 is 15.5 Å². The van der Waals surface area contributed by atoms with Crippen molar-refractivity contribution in [1.82, 2.24) is 14.9 Å². The molecule has 3 rings (SSSR count). The van der Waals surface area contributed by atoms with E-state index in [0.717, 1.165) is 12.1 Å². The number of alkyl halides is 3. The van der Waals surface area contributed by atoms with E-state index in [0.29, 0.717) is 32.0 Å². The predicted molar refractivity (Wildman–Crippen MR) is 90.1 cm³/mol. The van der Waals surface area contributed by atoms with Gasteiger partial charge in [0.15, 0.2) is 0 Å². The fourth-order valence-corrected chi connectivity index (χ4v) is 2.75. The first-order valence-electron chi connectivity index (χ1n) is 8.09. The van der Waals surface area contributed by atoms with Gasteiger partial charge in [0.2, 0.25) is 0 Å². The van der Waals surface area contributed by atoms with Crippen LogP contribution >= 0.6 is 0 Å². The van der Waals surface area contributed by atoms with Gasteiger partial charge in [-0.3, -0.25) is 14.6 Å². The maximum atomic E-state index is 12.6. The van der Waals surface area contributed by atoms with Crippen molar-refractivity contribution in [2.45, 2.75) is 6.18 Å². The lowest BCUT2D eigenvalue weighted by atomic mass is 10.1. The normalized spacial score (nSPS) is 14.9. The summed E-state index contributed by atoms with van der Waals surface area (Å²) in [6.45, 7) is 1.62. The van der Waals surface area contributed by atoms with Crippen LogP contribution in [0.1, 0.15) is 26.4 Å². The number of rotatable bonds is 3. The van der Waals surface area contributed by atoms with E-state index in [4.69, 9.17) is 5.73 Å². The molecule has 10 heteroatoms. The van der Waals surface area contributed by atoms with Gasteiger partial charge in [-0.05, 0) is 24.3 Å². The van der Waals surface area contributed by atoms with Crippen molar-refractivity contribution in [1.29, 1.82) is 0 Å². The Hall–Kier alpha value is -3.17. The minimum Gasteiger partial charge on any atom is -0.364 e. The highest BCUT2D eigenvalue weighted by molar-refractivity contribution is 5.94. The maximum absolute atomic E-state index is 12.6. The van der Waals surface area contributed by atoms with E-state index < -0.39 is 17.6 Å². The molecule has 142 valence electrons. The molecule has 27 heavy (non-hydrogen) atoms. The SMILES string of the molecule is NC(=O)c1cncc(N2CCN(C(=O)c3ccc(C(F)(F)F)cc3)CC2)n1. The Morgan fingerprint density at radius 3 is 2.19 bits per heavy atom. The number of hydrogen-bond acceptors (Lipinski definition) is 5. The van der Waals surface area contributed by atoms with Crippen molar-refractivity contribution in [3.63, 3.8) is 0 Å². The van der Waals surface area contributed by atoms with Gasteiger partial charge in [0, 0.05) is 31.7 Å². The molecule has 2 amide bonds. The summed E-state index contributed by atoms with van der Waals surface area (Å²) < 4.78 is 37.9. The molecule has 2 N–H and O–H groups in total. The van der Waals surface area contributed by atoms with Gasteiger partial charge in [0.05, 0.1) is 18.0 Å². The molecule has 1 aromatic carbocycles. The van der Waals surface area contributed by atoms with Crippen LogP contribution in [0.25, 0.3) is 0 Å². The topological polar surface area (TPSA) is 92.4 Å². The smallest absolute Gasteiger partial charge is 0.364 e. The third-order valence-corrected chi connectivity index (χ3v) is 4.22. The average molecular weight is 379 g/mol. The molecule has 0 aliphatic carbocycles. The monoisotopic (exact) mass is 379 g/mol. The zero-order valence-electron chi connectivity index (χ0n) is 14.1. The number of halogens is 3.